The van der Waals surface area contributed by atoms with Crippen molar-refractivity contribution in [3.05, 3.63) is 97.2 Å². The Balaban J connectivity index is 2.51. The minimum atomic E-state index is -1.62. The van der Waals surface area contributed by atoms with E-state index in [1.54, 1.807) is 0 Å². The van der Waals surface area contributed by atoms with Gasteiger partial charge in [0.05, 0.1) is 13.2 Å². The number of esters is 2. The molecule has 1 heterocycles. The van der Waals surface area contributed by atoms with Crippen LogP contribution in [0.2, 0.25) is 0 Å². The molecule has 51 heavy (non-hydrogen) atoms. The van der Waals surface area contributed by atoms with E-state index in [2.05, 4.69) is 38.2 Å². The maximum absolute atomic E-state index is 12.6. The zero-order valence-electron chi connectivity index (χ0n) is 30.5. The fourth-order valence-electron chi connectivity index (χ4n) is 4.74. The molecule has 4 N–H and O–H groups in total. The molecule has 0 radical (unpaired) electrons. The summed E-state index contributed by atoms with van der Waals surface area (Å²) >= 11 is 0. The van der Waals surface area contributed by atoms with Crippen molar-refractivity contribution < 1.29 is 49.0 Å². The summed E-state index contributed by atoms with van der Waals surface area (Å²) in [5.41, 5.74) is 0. The molecule has 3 unspecified atom stereocenters. The number of carbonyl (C=O) groups excluding carboxylic acids is 2. The van der Waals surface area contributed by atoms with Crippen LogP contribution in [-0.4, -0.2) is 89.0 Å². The van der Waals surface area contributed by atoms with Gasteiger partial charge in [-0.1, -0.05) is 130 Å². The van der Waals surface area contributed by atoms with Crippen molar-refractivity contribution in [1.82, 2.24) is 0 Å². The lowest BCUT2D eigenvalue weighted by molar-refractivity contribution is -0.305. The van der Waals surface area contributed by atoms with Gasteiger partial charge in [0, 0.05) is 12.8 Å². The Hall–Kier alpha value is -3.38. The van der Waals surface area contributed by atoms with Crippen molar-refractivity contribution >= 4 is 11.9 Å². The number of unbranched alkanes of at least 4 members (excludes halogenated alkanes) is 6. The topological polar surface area (TPSA) is 152 Å². The average Bonchev–Trinajstić information content (AvgIpc) is 3.13. The summed E-state index contributed by atoms with van der Waals surface area (Å²) in [5, 5.41) is 39.9. The van der Waals surface area contributed by atoms with Crippen LogP contribution in [-0.2, 0) is 28.5 Å². The second kappa shape index (κ2) is 31.4. The first kappa shape index (κ1) is 45.6. The van der Waals surface area contributed by atoms with Crippen molar-refractivity contribution in [3.63, 3.8) is 0 Å². The molecule has 6 atom stereocenters. The zero-order valence-corrected chi connectivity index (χ0v) is 30.5. The number of aliphatic hydroxyl groups is 4. The first-order valence-corrected chi connectivity index (χ1v) is 18.4. The quantitative estimate of drug-likeness (QED) is 0.0426. The minimum Gasteiger partial charge on any atom is -0.462 e. The Labute approximate surface area is 305 Å². The highest BCUT2D eigenvalue weighted by atomic mass is 16.7. The second-order valence-corrected chi connectivity index (χ2v) is 12.1. The lowest BCUT2D eigenvalue weighted by atomic mass is 9.99. The zero-order chi connectivity index (χ0) is 37.4. The maximum atomic E-state index is 12.6. The number of aliphatic hydroxyl groups excluding tert-OH is 4. The molecule has 0 aromatic rings. The molecule has 1 aliphatic heterocycles. The standard InChI is InChI=1S/C41H62O10/c1-3-5-7-9-11-13-15-17-19-21-23-25-27-29-36(43)48-32-34(33-49-41-40(47)39(46)38(45)35(31-42)51-41)50-37(44)30-28-26-24-22-20-18-16-14-12-10-8-6-4-2/h5-16,18,20,22,24,34-35,38-42,45-47H,3-4,17,19,21,23,25-33H2,1-2H3/b7-5+,8-6+,11-9+,12-10+,15-13+,16-14+,20-18+,24-22+/t34?,35-,38+,39?,40?,41-/m0/s1. The van der Waals surface area contributed by atoms with E-state index in [0.717, 1.165) is 44.9 Å². The molecule has 0 amide bonds. The summed E-state index contributed by atoms with van der Waals surface area (Å²) in [6.07, 6.45) is 32.9. The third-order valence-corrected chi connectivity index (χ3v) is 7.65. The SMILES string of the molecule is CC/C=C/C=C/C=C/C=C/C=C/CCCC(=O)OC(COC(=O)CCCCCCC/C=C/C=C/C=C/CC)CO[C@H]1O[C@@H](CO)[C@@H](O)C(O)C1O. The molecule has 0 spiro atoms. The number of hydrogen-bond donors (Lipinski definition) is 4. The summed E-state index contributed by atoms with van der Waals surface area (Å²) in [6, 6.07) is 0. The smallest absolute Gasteiger partial charge is 0.306 e. The predicted molar refractivity (Wildman–Crippen MR) is 200 cm³/mol. The van der Waals surface area contributed by atoms with E-state index in [4.69, 9.17) is 18.9 Å². The van der Waals surface area contributed by atoms with E-state index in [0.29, 0.717) is 19.3 Å². The molecule has 0 aromatic carbocycles. The summed E-state index contributed by atoms with van der Waals surface area (Å²) in [6.45, 7) is 2.99. The first-order valence-electron chi connectivity index (χ1n) is 18.4. The van der Waals surface area contributed by atoms with E-state index in [1.807, 2.05) is 72.9 Å². The van der Waals surface area contributed by atoms with Crippen LogP contribution in [0.1, 0.15) is 90.9 Å². The fourth-order valence-corrected chi connectivity index (χ4v) is 4.74. The molecule has 0 bridgehead atoms. The van der Waals surface area contributed by atoms with Crippen LogP contribution in [0.3, 0.4) is 0 Å². The van der Waals surface area contributed by atoms with Gasteiger partial charge in [0.25, 0.3) is 0 Å². The van der Waals surface area contributed by atoms with Crippen LogP contribution in [0.25, 0.3) is 0 Å². The van der Waals surface area contributed by atoms with Crippen molar-refractivity contribution in [2.45, 2.75) is 128 Å². The highest BCUT2D eigenvalue weighted by Crippen LogP contribution is 2.22. The molecule has 286 valence electrons. The highest BCUT2D eigenvalue weighted by molar-refractivity contribution is 5.70. The number of allylic oxidation sites excluding steroid dienone is 16. The normalized spacial score (nSPS) is 22.4. The van der Waals surface area contributed by atoms with Crippen molar-refractivity contribution in [2.75, 3.05) is 19.8 Å². The number of rotatable bonds is 27. The van der Waals surface area contributed by atoms with Gasteiger partial charge >= 0.3 is 11.9 Å². The van der Waals surface area contributed by atoms with E-state index >= 15 is 0 Å². The first-order chi connectivity index (χ1) is 24.8. The van der Waals surface area contributed by atoms with Crippen molar-refractivity contribution in [1.29, 1.82) is 0 Å². The largest absolute Gasteiger partial charge is 0.462 e. The third-order valence-electron chi connectivity index (χ3n) is 7.65. The lowest BCUT2D eigenvalue weighted by Crippen LogP contribution is -2.59. The van der Waals surface area contributed by atoms with Crippen LogP contribution < -0.4 is 0 Å². The Bertz CT molecular complexity index is 1150. The maximum Gasteiger partial charge on any atom is 0.306 e. The molecule has 1 rings (SSSR count). The molecule has 0 aliphatic carbocycles. The molecular weight excluding hydrogens is 652 g/mol. The molecule has 10 nitrogen and oxygen atoms in total. The number of ether oxygens (including phenoxy) is 4. The van der Waals surface area contributed by atoms with Gasteiger partial charge in [0.15, 0.2) is 12.4 Å². The fraction of sp³-hybridized carbons (Fsp3) is 0.561. The molecule has 10 heteroatoms. The van der Waals surface area contributed by atoms with Gasteiger partial charge in [0.1, 0.15) is 31.0 Å². The molecule has 1 saturated heterocycles. The van der Waals surface area contributed by atoms with Crippen LogP contribution in [0.4, 0.5) is 0 Å². The summed E-state index contributed by atoms with van der Waals surface area (Å²) in [5.74, 6) is -0.934. The van der Waals surface area contributed by atoms with E-state index in [9.17, 15) is 30.0 Å². The van der Waals surface area contributed by atoms with Gasteiger partial charge in [0.2, 0.25) is 0 Å². The van der Waals surface area contributed by atoms with Crippen molar-refractivity contribution in [3.8, 4) is 0 Å². The molecule has 0 saturated carbocycles. The van der Waals surface area contributed by atoms with Crippen LogP contribution in [0.15, 0.2) is 97.2 Å². The Morgan fingerprint density at radius 1 is 0.608 bits per heavy atom. The molecule has 1 fully saturated rings. The highest BCUT2D eigenvalue weighted by Gasteiger charge is 2.44. The number of carbonyl (C=O) groups is 2. The van der Waals surface area contributed by atoms with Gasteiger partial charge in [-0.05, 0) is 44.9 Å². The predicted octanol–water partition coefficient (Wildman–Crippen LogP) is 6.43. The summed E-state index contributed by atoms with van der Waals surface area (Å²) < 4.78 is 21.9. The average molecular weight is 715 g/mol. The van der Waals surface area contributed by atoms with Gasteiger partial charge in [-0.3, -0.25) is 9.59 Å². The van der Waals surface area contributed by atoms with Gasteiger partial charge in [-0.2, -0.15) is 0 Å². The summed E-state index contributed by atoms with van der Waals surface area (Å²) in [4.78, 5) is 25.1. The van der Waals surface area contributed by atoms with Crippen molar-refractivity contribution in [2.24, 2.45) is 0 Å². The van der Waals surface area contributed by atoms with E-state index in [1.165, 1.54) is 0 Å². The Morgan fingerprint density at radius 3 is 1.71 bits per heavy atom. The lowest BCUT2D eigenvalue weighted by Gasteiger charge is -2.39. The van der Waals surface area contributed by atoms with E-state index in [-0.39, 0.29) is 26.1 Å². The molecule has 0 aromatic heterocycles. The number of hydrogen-bond acceptors (Lipinski definition) is 10. The van der Waals surface area contributed by atoms with Gasteiger partial charge in [-0.25, -0.2) is 0 Å². The Morgan fingerprint density at radius 2 is 1.12 bits per heavy atom. The van der Waals surface area contributed by atoms with E-state index < -0.39 is 55.4 Å². The summed E-state index contributed by atoms with van der Waals surface area (Å²) in [7, 11) is 0. The monoisotopic (exact) mass is 714 g/mol. The molecular formula is C41H62O10. The minimum absolute atomic E-state index is 0.122. The second-order valence-electron chi connectivity index (χ2n) is 12.1. The third kappa shape index (κ3) is 23.7. The van der Waals surface area contributed by atoms with Gasteiger partial charge in [-0.15, -0.1) is 0 Å². The van der Waals surface area contributed by atoms with Crippen LogP contribution in [0, 0.1) is 0 Å². The van der Waals surface area contributed by atoms with Crippen LogP contribution in [0.5, 0.6) is 0 Å². The van der Waals surface area contributed by atoms with Crippen LogP contribution >= 0.6 is 0 Å². The Kier molecular flexibility index (Phi) is 28.1. The molecule has 1 aliphatic rings. The van der Waals surface area contributed by atoms with Gasteiger partial charge < -0.3 is 39.4 Å².